The molecule has 6 nitrogen and oxygen atoms in total. The molecule has 2 aliphatic rings. The van der Waals surface area contributed by atoms with Gasteiger partial charge in [-0.25, -0.2) is 4.98 Å². The average Bonchev–Trinajstić information content (AvgIpc) is 2.98. The molecular formula is C19H19N5O. The van der Waals surface area contributed by atoms with Gasteiger partial charge in [-0.15, -0.1) is 0 Å². The Balaban J connectivity index is 1.56. The van der Waals surface area contributed by atoms with Crippen LogP contribution in [0.3, 0.4) is 0 Å². The number of aromatic nitrogens is 2. The molecule has 0 aromatic carbocycles. The van der Waals surface area contributed by atoms with E-state index in [9.17, 15) is 4.79 Å². The van der Waals surface area contributed by atoms with Crippen LogP contribution < -0.4 is 9.80 Å². The van der Waals surface area contributed by atoms with Crippen molar-refractivity contribution in [3.05, 3.63) is 48.4 Å². The largest absolute Gasteiger partial charge is 0.356 e. The highest BCUT2D eigenvalue weighted by atomic mass is 16.2. The van der Waals surface area contributed by atoms with E-state index in [-0.39, 0.29) is 11.3 Å². The molecular weight excluding hydrogens is 314 g/mol. The average molecular weight is 333 g/mol. The van der Waals surface area contributed by atoms with Crippen molar-refractivity contribution in [3.8, 4) is 6.07 Å². The van der Waals surface area contributed by atoms with E-state index in [0.29, 0.717) is 12.1 Å². The molecule has 4 heterocycles. The van der Waals surface area contributed by atoms with Crippen LogP contribution in [0.15, 0.2) is 42.9 Å². The number of hydrogen-bond acceptors (Lipinski definition) is 5. The zero-order chi connectivity index (χ0) is 17.3. The summed E-state index contributed by atoms with van der Waals surface area (Å²) in [7, 11) is 0. The van der Waals surface area contributed by atoms with Crippen molar-refractivity contribution in [3.63, 3.8) is 0 Å². The SMILES string of the molecule is N#Cc1ccc(N2CCC[C@@]3(CCN(c4cccnc4)C3=O)C2)nc1. The van der Waals surface area contributed by atoms with E-state index >= 15 is 0 Å². The van der Waals surface area contributed by atoms with E-state index in [4.69, 9.17) is 5.26 Å². The second-order valence-electron chi connectivity index (χ2n) is 6.74. The molecule has 4 rings (SSSR count). The molecule has 2 saturated heterocycles. The maximum Gasteiger partial charge on any atom is 0.235 e. The Kier molecular flexibility index (Phi) is 3.85. The van der Waals surface area contributed by atoms with E-state index < -0.39 is 0 Å². The first-order chi connectivity index (χ1) is 12.2. The first-order valence-corrected chi connectivity index (χ1v) is 8.55. The smallest absolute Gasteiger partial charge is 0.235 e. The highest BCUT2D eigenvalue weighted by molar-refractivity contribution is 6.00. The molecule has 0 N–H and O–H groups in total. The highest BCUT2D eigenvalue weighted by Crippen LogP contribution is 2.42. The number of hydrogen-bond donors (Lipinski definition) is 0. The molecule has 1 atom stereocenters. The minimum Gasteiger partial charge on any atom is -0.356 e. The van der Waals surface area contributed by atoms with Gasteiger partial charge in [0.15, 0.2) is 0 Å². The van der Waals surface area contributed by atoms with Crippen LogP contribution in [-0.4, -0.2) is 35.5 Å². The van der Waals surface area contributed by atoms with Gasteiger partial charge in [0, 0.05) is 32.0 Å². The number of carbonyl (C=O) groups excluding carboxylic acids is 1. The third-order valence-electron chi connectivity index (χ3n) is 5.25. The summed E-state index contributed by atoms with van der Waals surface area (Å²) in [4.78, 5) is 25.7. The van der Waals surface area contributed by atoms with Gasteiger partial charge in [-0.3, -0.25) is 9.78 Å². The molecule has 25 heavy (non-hydrogen) atoms. The van der Waals surface area contributed by atoms with Crippen molar-refractivity contribution >= 4 is 17.4 Å². The zero-order valence-electron chi connectivity index (χ0n) is 13.9. The third kappa shape index (κ3) is 2.72. The lowest BCUT2D eigenvalue weighted by atomic mass is 9.78. The topological polar surface area (TPSA) is 73.1 Å². The maximum absolute atomic E-state index is 13.2. The normalized spacial score (nSPS) is 23.1. The molecule has 2 aromatic heterocycles. The van der Waals surface area contributed by atoms with Gasteiger partial charge in [0.1, 0.15) is 11.9 Å². The summed E-state index contributed by atoms with van der Waals surface area (Å²) < 4.78 is 0. The van der Waals surface area contributed by atoms with Gasteiger partial charge in [-0.2, -0.15) is 5.26 Å². The van der Waals surface area contributed by atoms with Crippen LogP contribution in [-0.2, 0) is 4.79 Å². The maximum atomic E-state index is 13.2. The summed E-state index contributed by atoms with van der Waals surface area (Å²) in [6, 6.07) is 9.54. The predicted molar refractivity (Wildman–Crippen MR) is 94.0 cm³/mol. The van der Waals surface area contributed by atoms with E-state index in [0.717, 1.165) is 43.9 Å². The van der Waals surface area contributed by atoms with E-state index in [1.165, 1.54) is 0 Å². The Morgan fingerprint density at radius 1 is 1.16 bits per heavy atom. The Bertz CT molecular complexity index is 814. The van der Waals surface area contributed by atoms with Crippen LogP contribution in [0.4, 0.5) is 11.5 Å². The number of pyridine rings is 2. The molecule has 1 spiro atoms. The molecule has 2 aromatic rings. The van der Waals surface area contributed by atoms with E-state index in [1.54, 1.807) is 24.7 Å². The fraction of sp³-hybridized carbons (Fsp3) is 0.368. The molecule has 1 amide bonds. The zero-order valence-corrected chi connectivity index (χ0v) is 13.9. The Morgan fingerprint density at radius 3 is 2.80 bits per heavy atom. The fourth-order valence-corrected chi connectivity index (χ4v) is 3.93. The second kappa shape index (κ2) is 6.17. The van der Waals surface area contributed by atoms with Gasteiger partial charge >= 0.3 is 0 Å². The van der Waals surface area contributed by atoms with Crippen molar-refractivity contribution in [2.24, 2.45) is 5.41 Å². The number of carbonyl (C=O) groups is 1. The second-order valence-corrected chi connectivity index (χ2v) is 6.74. The summed E-state index contributed by atoms with van der Waals surface area (Å²) in [5.41, 5.74) is 1.08. The summed E-state index contributed by atoms with van der Waals surface area (Å²) in [5.74, 6) is 1.03. The number of anilines is 2. The first kappa shape index (κ1) is 15.6. The third-order valence-corrected chi connectivity index (χ3v) is 5.25. The van der Waals surface area contributed by atoms with Gasteiger partial charge in [-0.1, -0.05) is 0 Å². The van der Waals surface area contributed by atoms with Crippen LogP contribution in [0.2, 0.25) is 0 Å². The molecule has 0 unspecified atom stereocenters. The number of piperidine rings is 1. The van der Waals surface area contributed by atoms with E-state index in [1.807, 2.05) is 23.1 Å². The molecule has 6 heteroatoms. The van der Waals surface area contributed by atoms with Crippen LogP contribution >= 0.6 is 0 Å². The van der Waals surface area contributed by atoms with Crippen LogP contribution in [0.5, 0.6) is 0 Å². The summed E-state index contributed by atoms with van der Waals surface area (Å²) in [6.07, 6.45) is 7.80. The lowest BCUT2D eigenvalue weighted by molar-refractivity contribution is -0.126. The molecule has 2 aliphatic heterocycles. The van der Waals surface area contributed by atoms with E-state index in [2.05, 4.69) is 20.9 Å². The monoisotopic (exact) mass is 333 g/mol. The molecule has 0 bridgehead atoms. The number of amides is 1. The fourth-order valence-electron chi connectivity index (χ4n) is 3.93. The number of nitriles is 1. The Morgan fingerprint density at radius 2 is 2.08 bits per heavy atom. The van der Waals surface area contributed by atoms with Gasteiger partial charge in [0.05, 0.1) is 22.9 Å². The number of nitrogens with zero attached hydrogens (tertiary/aromatic N) is 5. The number of rotatable bonds is 2. The molecule has 0 saturated carbocycles. The van der Waals surface area contributed by atoms with Gasteiger partial charge < -0.3 is 9.80 Å². The van der Waals surface area contributed by atoms with Crippen LogP contribution in [0.1, 0.15) is 24.8 Å². The van der Waals surface area contributed by atoms with Crippen molar-refractivity contribution < 1.29 is 4.79 Å². The summed E-state index contributed by atoms with van der Waals surface area (Å²) >= 11 is 0. The van der Waals surface area contributed by atoms with Crippen molar-refractivity contribution in [1.82, 2.24) is 9.97 Å². The predicted octanol–water partition coefficient (Wildman–Crippen LogP) is 2.37. The van der Waals surface area contributed by atoms with Crippen LogP contribution in [0.25, 0.3) is 0 Å². The molecule has 2 fully saturated rings. The minimum atomic E-state index is -0.344. The van der Waals surface area contributed by atoms with Gasteiger partial charge in [0.2, 0.25) is 5.91 Å². The summed E-state index contributed by atoms with van der Waals surface area (Å²) in [5, 5.41) is 8.92. The van der Waals surface area contributed by atoms with Gasteiger partial charge in [-0.05, 0) is 43.5 Å². The van der Waals surface area contributed by atoms with Crippen molar-refractivity contribution in [2.45, 2.75) is 19.3 Å². The highest BCUT2D eigenvalue weighted by Gasteiger charge is 2.49. The molecule has 0 aliphatic carbocycles. The standard InChI is InChI=1S/C19H19N5O/c20-11-15-4-5-17(22-12-15)23-9-2-6-19(14-23)7-10-24(18(19)25)16-3-1-8-21-13-16/h1,3-5,8,12-13H,2,6-7,9-10,14H2/t19-/m1/s1. The van der Waals surface area contributed by atoms with Gasteiger partial charge in [0.25, 0.3) is 0 Å². The Labute approximate surface area is 146 Å². The Hall–Kier alpha value is -2.94. The molecule has 126 valence electrons. The van der Waals surface area contributed by atoms with Crippen molar-refractivity contribution in [2.75, 3.05) is 29.4 Å². The first-order valence-electron chi connectivity index (χ1n) is 8.55. The van der Waals surface area contributed by atoms with Crippen molar-refractivity contribution in [1.29, 1.82) is 5.26 Å². The summed E-state index contributed by atoms with van der Waals surface area (Å²) in [6.45, 7) is 2.31. The quantitative estimate of drug-likeness (QED) is 0.843. The minimum absolute atomic E-state index is 0.193. The van der Waals surface area contributed by atoms with Crippen LogP contribution in [0, 0.1) is 16.7 Å². The lowest BCUT2D eigenvalue weighted by Gasteiger charge is -2.39. The lowest BCUT2D eigenvalue weighted by Crippen LogP contribution is -2.48. The molecule has 0 radical (unpaired) electrons.